The van der Waals surface area contributed by atoms with Crippen LogP contribution in [0.25, 0.3) is 10.9 Å². The Morgan fingerprint density at radius 3 is 2.47 bits per heavy atom. The Bertz CT molecular complexity index is 2170. The van der Waals surface area contributed by atoms with Crippen molar-refractivity contribution in [2.45, 2.75) is 89.2 Å². The van der Waals surface area contributed by atoms with E-state index >= 15 is 0 Å². The maximum atomic E-state index is 13.8. The van der Waals surface area contributed by atoms with Gasteiger partial charge in [-0.15, -0.1) is 23.1 Å². The monoisotopic (exact) mass is 820 g/mol. The smallest absolute Gasteiger partial charge is 0.352 e. The number of amides is 2. The Kier molecular flexibility index (Phi) is 12.3. The number of nitrogen functional groups attached to an aromatic ring is 1. The molecule has 55 heavy (non-hydrogen) atoms. The molecular weight excluding hydrogens is 780 g/mol. The van der Waals surface area contributed by atoms with Gasteiger partial charge in [-0.2, -0.15) is 5.10 Å². The van der Waals surface area contributed by atoms with Gasteiger partial charge in [-0.3, -0.25) is 28.9 Å². The van der Waals surface area contributed by atoms with Crippen LogP contribution < -0.4 is 16.5 Å². The number of anilines is 1. The molecule has 1 saturated heterocycles. The largest absolute Gasteiger partial charge is 0.504 e. The van der Waals surface area contributed by atoms with Crippen LogP contribution in [0.5, 0.6) is 11.5 Å². The fraction of sp³-hybridized carbons (Fsp3) is 0.471. The molecule has 0 saturated carbocycles. The summed E-state index contributed by atoms with van der Waals surface area (Å²) in [5, 5.41) is 51.2. The number of phenolic OH excluding ortho intramolecular Hbond substituents is 2. The standard InChI is InChI=1S/C34H41ClN8O10S2/c1-6-8-9-10-41(13-17-26(45)21-19(42(7-2)39-17)11-20(44)27(46)22(21)35)12-16-15(3)55-30-24(29(48)43(30)25(16)31(49)50)38-28(47)23(18-14-54-33(36)37-18)40-53-34(4,5)32(51)52/h11,14-15,24,30,44,46H,6-10,12-13H2,1-5H3,(H2,36,37)(H,38,47)(H,49,50)(H,51,52)/b40-23-/t15-,24+,30+/m0/s1. The molecule has 0 bridgehead atoms. The summed E-state index contributed by atoms with van der Waals surface area (Å²) < 4.78 is 1.48. The van der Waals surface area contributed by atoms with Crippen LogP contribution in [0.3, 0.4) is 0 Å². The zero-order valence-electron chi connectivity index (χ0n) is 30.5. The Balaban J connectivity index is 1.45. The summed E-state index contributed by atoms with van der Waals surface area (Å²) in [5.74, 6) is -5.46. The second-order valence-electron chi connectivity index (χ2n) is 13.4. The summed E-state index contributed by atoms with van der Waals surface area (Å²) in [5.41, 5.74) is 3.40. The van der Waals surface area contributed by atoms with E-state index in [0.29, 0.717) is 25.1 Å². The number of unbranched alkanes of at least 4 members (excludes halogenated alkanes) is 2. The lowest BCUT2D eigenvalue weighted by Gasteiger charge is -2.51. The van der Waals surface area contributed by atoms with Crippen LogP contribution in [-0.4, -0.2) is 110 Å². The van der Waals surface area contributed by atoms with Gasteiger partial charge in [0.1, 0.15) is 28.5 Å². The number of hydrogen-bond acceptors (Lipinski definition) is 15. The number of carboxylic acid groups (broad SMARTS) is 2. The summed E-state index contributed by atoms with van der Waals surface area (Å²) >= 11 is 8.60. The SMILES string of the molecule is CCCCCN(CC1=C(C(=O)O)N2C(=O)[C@@H](NC(=O)/C(=N\OC(C)(C)C(=O)O)c3csc(N)n3)[C@H]2S[C@H]1C)Cc1nn(CC)c2cc(O)c(O)c(Cl)c2c1=O. The minimum absolute atomic E-state index is 0.0185. The van der Waals surface area contributed by atoms with Crippen LogP contribution >= 0.6 is 34.7 Å². The third kappa shape index (κ3) is 8.21. The van der Waals surface area contributed by atoms with E-state index in [1.54, 1.807) is 13.8 Å². The van der Waals surface area contributed by atoms with Gasteiger partial charge in [0.15, 0.2) is 22.3 Å². The number of carboxylic acids is 2. The number of aryl methyl sites for hydroxylation is 1. The first-order chi connectivity index (χ1) is 25.9. The summed E-state index contributed by atoms with van der Waals surface area (Å²) in [6, 6.07) is 0.0366. The first-order valence-electron chi connectivity index (χ1n) is 17.2. The van der Waals surface area contributed by atoms with Gasteiger partial charge in [-0.05, 0) is 46.2 Å². The number of thiazole rings is 1. The lowest BCUT2D eigenvalue weighted by atomic mass is 9.99. The highest BCUT2D eigenvalue weighted by Gasteiger charge is 2.56. The van der Waals surface area contributed by atoms with Crippen LogP contribution in [0.15, 0.2) is 32.7 Å². The summed E-state index contributed by atoms with van der Waals surface area (Å²) in [6.07, 6.45) is 2.45. The molecule has 3 aromatic rings. The normalized spacial score (nSPS) is 18.7. The van der Waals surface area contributed by atoms with E-state index in [0.717, 1.165) is 29.1 Å². The highest BCUT2D eigenvalue weighted by molar-refractivity contribution is 8.00. The van der Waals surface area contributed by atoms with E-state index in [1.807, 2.05) is 11.8 Å². The van der Waals surface area contributed by atoms with Gasteiger partial charge < -0.3 is 36.3 Å². The molecule has 3 atom stereocenters. The van der Waals surface area contributed by atoms with Crippen molar-refractivity contribution in [1.82, 2.24) is 29.9 Å². The Labute approximate surface area is 327 Å². The second-order valence-corrected chi connectivity index (χ2v) is 16.1. The molecular formula is C34H41ClN8O10S2. The van der Waals surface area contributed by atoms with E-state index < -0.39 is 68.7 Å². The molecule has 2 aliphatic rings. The molecule has 0 spiro atoms. The lowest BCUT2D eigenvalue weighted by molar-refractivity contribution is -0.161. The van der Waals surface area contributed by atoms with Crippen molar-refractivity contribution in [3.63, 3.8) is 0 Å². The van der Waals surface area contributed by atoms with Crippen molar-refractivity contribution in [2.75, 3.05) is 18.8 Å². The number of thioether (sulfide) groups is 1. The predicted molar refractivity (Wildman–Crippen MR) is 205 cm³/mol. The number of benzene rings is 1. The summed E-state index contributed by atoms with van der Waals surface area (Å²) in [4.78, 5) is 77.7. The molecule has 5 rings (SSSR count). The predicted octanol–water partition coefficient (Wildman–Crippen LogP) is 2.92. The second kappa shape index (κ2) is 16.4. The zero-order valence-corrected chi connectivity index (χ0v) is 32.9. The number of β-lactam (4-membered cyclic amide) rings is 1. The van der Waals surface area contributed by atoms with Gasteiger partial charge in [-0.1, -0.05) is 36.5 Å². The quantitative estimate of drug-likeness (QED) is 0.0399. The summed E-state index contributed by atoms with van der Waals surface area (Å²) in [7, 11) is 0. The Morgan fingerprint density at radius 2 is 1.87 bits per heavy atom. The number of hydrogen-bond donors (Lipinski definition) is 6. The van der Waals surface area contributed by atoms with Crippen molar-refractivity contribution in [1.29, 1.82) is 0 Å². The zero-order chi connectivity index (χ0) is 40.5. The highest BCUT2D eigenvalue weighted by Crippen LogP contribution is 2.44. The molecule has 4 heterocycles. The van der Waals surface area contributed by atoms with Gasteiger partial charge in [0, 0.05) is 36.3 Å². The van der Waals surface area contributed by atoms with E-state index in [2.05, 4.69) is 20.6 Å². The van der Waals surface area contributed by atoms with Gasteiger partial charge >= 0.3 is 11.9 Å². The van der Waals surface area contributed by atoms with Gasteiger partial charge in [0.2, 0.25) is 11.0 Å². The Morgan fingerprint density at radius 1 is 1.16 bits per heavy atom. The van der Waals surface area contributed by atoms with Gasteiger partial charge in [-0.25, -0.2) is 14.6 Å². The number of nitrogens with zero attached hydrogens (tertiary/aromatic N) is 6. The number of rotatable bonds is 16. The Hall–Kier alpha value is -4.92. The number of nitrogens with one attached hydrogen (secondary N) is 1. The summed E-state index contributed by atoms with van der Waals surface area (Å²) in [6.45, 7) is 8.83. The number of fused-ring (bicyclic) bond motifs is 2. The molecule has 1 aromatic carbocycles. The van der Waals surface area contributed by atoms with Crippen molar-refractivity contribution in [2.24, 2.45) is 5.16 Å². The molecule has 0 unspecified atom stereocenters. The molecule has 0 aliphatic carbocycles. The number of aromatic hydroxyl groups is 2. The molecule has 2 aliphatic heterocycles. The molecule has 18 nitrogen and oxygen atoms in total. The maximum Gasteiger partial charge on any atom is 0.352 e. The topological polar surface area (TPSA) is 263 Å². The molecule has 296 valence electrons. The van der Waals surface area contributed by atoms with Crippen molar-refractivity contribution >= 4 is 80.2 Å². The van der Waals surface area contributed by atoms with Gasteiger partial charge in [0.05, 0.1) is 15.9 Å². The van der Waals surface area contributed by atoms with Crippen LogP contribution in [0.2, 0.25) is 5.02 Å². The molecule has 2 amide bonds. The number of carbonyl (C=O) groups excluding carboxylic acids is 2. The van der Waals surface area contributed by atoms with E-state index in [-0.39, 0.29) is 51.2 Å². The fourth-order valence-electron chi connectivity index (χ4n) is 6.08. The van der Waals surface area contributed by atoms with Gasteiger partial charge in [0.25, 0.3) is 11.8 Å². The molecule has 21 heteroatoms. The minimum Gasteiger partial charge on any atom is -0.504 e. The first-order valence-corrected chi connectivity index (χ1v) is 19.4. The van der Waals surface area contributed by atoms with E-state index in [4.69, 9.17) is 22.2 Å². The van der Waals surface area contributed by atoms with Crippen molar-refractivity contribution < 1.29 is 44.4 Å². The maximum absolute atomic E-state index is 13.8. The van der Waals surface area contributed by atoms with Crippen LogP contribution in [-0.2, 0) is 37.1 Å². The lowest BCUT2D eigenvalue weighted by Crippen LogP contribution is -2.71. The number of phenols is 2. The van der Waals surface area contributed by atoms with Crippen molar-refractivity contribution in [3.05, 3.63) is 49.4 Å². The van der Waals surface area contributed by atoms with Crippen LogP contribution in [0.1, 0.15) is 65.3 Å². The number of oxime groups is 1. The third-order valence-electron chi connectivity index (χ3n) is 9.12. The molecule has 2 aromatic heterocycles. The highest BCUT2D eigenvalue weighted by atomic mass is 35.5. The average molecular weight is 821 g/mol. The third-order valence-corrected chi connectivity index (χ3v) is 11.6. The van der Waals surface area contributed by atoms with Crippen LogP contribution in [0.4, 0.5) is 5.13 Å². The number of aromatic nitrogens is 3. The number of nitrogens with two attached hydrogens (primary N) is 1. The number of halogens is 1. The molecule has 1 fully saturated rings. The van der Waals surface area contributed by atoms with Crippen molar-refractivity contribution in [3.8, 4) is 11.5 Å². The first kappa shape index (κ1) is 41.2. The molecule has 0 radical (unpaired) electrons. The van der Waals surface area contributed by atoms with E-state index in [1.165, 1.54) is 41.7 Å². The average Bonchev–Trinajstić information content (AvgIpc) is 3.56. The number of aliphatic carboxylic acids is 2. The fourth-order valence-corrected chi connectivity index (χ4v) is 8.35. The van der Waals surface area contributed by atoms with E-state index in [9.17, 15) is 44.4 Å². The number of carbonyl (C=O) groups is 4. The van der Waals surface area contributed by atoms with Crippen LogP contribution in [0, 0.1) is 0 Å². The molecule has 7 N–H and O–H groups in total. The minimum atomic E-state index is -1.82.